The summed E-state index contributed by atoms with van der Waals surface area (Å²) < 4.78 is 5.14. The van der Waals surface area contributed by atoms with Gasteiger partial charge in [-0.1, -0.05) is 12.6 Å². The van der Waals surface area contributed by atoms with E-state index in [-0.39, 0.29) is 0 Å². The second-order valence-corrected chi connectivity index (χ2v) is 2.86. The minimum atomic E-state index is 0.868. The molecule has 0 saturated heterocycles. The maximum atomic E-state index is 5.14. The molecule has 0 spiro atoms. The van der Waals surface area contributed by atoms with E-state index in [1.54, 1.807) is 0 Å². The summed E-state index contributed by atoms with van der Waals surface area (Å²) in [5.74, 6) is 0. The van der Waals surface area contributed by atoms with E-state index in [0.29, 0.717) is 0 Å². The Morgan fingerprint density at radius 2 is 2.25 bits per heavy atom. The van der Waals surface area contributed by atoms with Gasteiger partial charge in [-0.25, -0.2) is 0 Å². The second-order valence-electron chi connectivity index (χ2n) is 1.65. The van der Waals surface area contributed by atoms with Crippen LogP contribution in [0.3, 0.4) is 0 Å². The predicted octanol–water partition coefficient (Wildman–Crippen LogP) is 1.58. The SMILES string of the molecule is CCOCCC[Si]C. The van der Waals surface area contributed by atoms with Crippen LogP contribution in [0.15, 0.2) is 0 Å². The fourth-order valence-electron chi connectivity index (χ4n) is 0.495. The van der Waals surface area contributed by atoms with Crippen LogP contribution < -0.4 is 0 Å². The van der Waals surface area contributed by atoms with Gasteiger partial charge in [-0.05, 0) is 13.3 Å². The summed E-state index contributed by atoms with van der Waals surface area (Å²) in [4.78, 5) is 0. The lowest BCUT2D eigenvalue weighted by Gasteiger charge is -1.96. The molecule has 0 aliphatic rings. The van der Waals surface area contributed by atoms with E-state index < -0.39 is 0 Å². The molecule has 0 fully saturated rings. The largest absolute Gasteiger partial charge is 0.382 e. The molecular weight excluding hydrogens is 116 g/mol. The molecule has 48 valence electrons. The Bertz CT molecular complexity index is 33.5. The maximum absolute atomic E-state index is 5.14. The van der Waals surface area contributed by atoms with E-state index in [2.05, 4.69) is 6.55 Å². The van der Waals surface area contributed by atoms with E-state index in [1.807, 2.05) is 6.92 Å². The van der Waals surface area contributed by atoms with Gasteiger partial charge in [0.15, 0.2) is 0 Å². The monoisotopic (exact) mass is 130 g/mol. The molecule has 2 radical (unpaired) electrons. The lowest BCUT2D eigenvalue weighted by Crippen LogP contribution is -1.93. The van der Waals surface area contributed by atoms with Gasteiger partial charge in [0.25, 0.3) is 0 Å². The van der Waals surface area contributed by atoms with Crippen LogP contribution in [0.1, 0.15) is 13.3 Å². The van der Waals surface area contributed by atoms with E-state index in [0.717, 1.165) is 22.7 Å². The predicted molar refractivity (Wildman–Crippen MR) is 37.5 cm³/mol. The fourth-order valence-corrected chi connectivity index (χ4v) is 0.993. The average Bonchev–Trinajstić information content (AvgIpc) is 1.81. The second kappa shape index (κ2) is 7.18. The highest BCUT2D eigenvalue weighted by atomic mass is 28.2. The normalized spacial score (nSPS) is 9.75. The highest BCUT2D eigenvalue weighted by Gasteiger charge is 1.83. The molecule has 0 rings (SSSR count). The molecule has 8 heavy (non-hydrogen) atoms. The first-order valence-corrected chi connectivity index (χ1v) is 4.85. The zero-order valence-corrected chi connectivity index (χ0v) is 6.74. The van der Waals surface area contributed by atoms with E-state index in [4.69, 9.17) is 4.74 Å². The third-order valence-corrected chi connectivity index (χ3v) is 1.77. The van der Waals surface area contributed by atoms with E-state index >= 15 is 0 Å². The van der Waals surface area contributed by atoms with Crippen molar-refractivity contribution in [3.63, 3.8) is 0 Å². The molecule has 0 N–H and O–H groups in total. The molecule has 0 atom stereocenters. The zero-order chi connectivity index (χ0) is 6.24. The van der Waals surface area contributed by atoms with Crippen molar-refractivity contribution in [3.8, 4) is 0 Å². The highest BCUT2D eigenvalue weighted by Crippen LogP contribution is 1.88. The molecule has 0 saturated carbocycles. The third-order valence-electron chi connectivity index (χ3n) is 0.920. The topological polar surface area (TPSA) is 9.23 Å². The number of rotatable bonds is 5. The summed E-state index contributed by atoms with van der Waals surface area (Å²) >= 11 is 0. The number of hydrogen-bond donors (Lipinski definition) is 0. The highest BCUT2D eigenvalue weighted by molar-refractivity contribution is 6.33. The summed E-state index contributed by atoms with van der Waals surface area (Å²) in [5, 5.41) is 0. The summed E-state index contributed by atoms with van der Waals surface area (Å²) in [7, 11) is 1.09. The minimum absolute atomic E-state index is 0.868. The molecule has 0 aliphatic carbocycles. The van der Waals surface area contributed by atoms with Gasteiger partial charge < -0.3 is 4.74 Å². The standard InChI is InChI=1S/C6H14OSi/c1-3-7-5-4-6-8-2/h3-6H2,1-2H3. The van der Waals surface area contributed by atoms with Crippen molar-refractivity contribution in [2.45, 2.75) is 25.9 Å². The number of hydrogen-bond acceptors (Lipinski definition) is 1. The van der Waals surface area contributed by atoms with E-state index in [9.17, 15) is 0 Å². The first kappa shape index (κ1) is 8.18. The first-order chi connectivity index (χ1) is 3.91. The molecule has 2 heteroatoms. The Kier molecular flexibility index (Phi) is 7.34. The van der Waals surface area contributed by atoms with Gasteiger partial charge in [0.1, 0.15) is 0 Å². The van der Waals surface area contributed by atoms with Gasteiger partial charge in [0.05, 0.1) is 0 Å². The van der Waals surface area contributed by atoms with Crippen LogP contribution >= 0.6 is 0 Å². The minimum Gasteiger partial charge on any atom is -0.382 e. The molecule has 0 aromatic rings. The molecule has 0 unspecified atom stereocenters. The van der Waals surface area contributed by atoms with E-state index in [1.165, 1.54) is 12.5 Å². The maximum Gasteiger partial charge on any atom is 0.0463 e. The van der Waals surface area contributed by atoms with Crippen LogP contribution in [-0.4, -0.2) is 22.7 Å². The van der Waals surface area contributed by atoms with Crippen molar-refractivity contribution in [1.29, 1.82) is 0 Å². The smallest absolute Gasteiger partial charge is 0.0463 e. The van der Waals surface area contributed by atoms with Crippen LogP contribution in [0.25, 0.3) is 0 Å². The quantitative estimate of drug-likeness (QED) is 0.405. The average molecular weight is 130 g/mol. The molecule has 0 amide bonds. The Labute approximate surface area is 54.3 Å². The molecule has 0 aromatic heterocycles. The summed E-state index contributed by atoms with van der Waals surface area (Å²) in [5.41, 5.74) is 0. The van der Waals surface area contributed by atoms with Gasteiger partial charge >= 0.3 is 0 Å². The van der Waals surface area contributed by atoms with Crippen LogP contribution in [0.5, 0.6) is 0 Å². The fraction of sp³-hybridized carbons (Fsp3) is 1.00. The van der Waals surface area contributed by atoms with Gasteiger partial charge in [0, 0.05) is 22.7 Å². The lowest BCUT2D eigenvalue weighted by molar-refractivity contribution is 0.148. The molecule has 0 bridgehead atoms. The molecule has 0 aliphatic heterocycles. The Hall–Kier alpha value is 0.177. The number of ether oxygens (including phenoxy) is 1. The summed E-state index contributed by atoms with van der Waals surface area (Å²) in [6.07, 6.45) is 1.24. The Morgan fingerprint density at radius 1 is 1.50 bits per heavy atom. The first-order valence-electron chi connectivity index (χ1n) is 3.14. The van der Waals surface area contributed by atoms with Crippen LogP contribution in [0, 0.1) is 0 Å². The van der Waals surface area contributed by atoms with Crippen LogP contribution in [0.2, 0.25) is 12.6 Å². The third kappa shape index (κ3) is 6.18. The van der Waals surface area contributed by atoms with Gasteiger partial charge in [-0.15, -0.1) is 0 Å². The van der Waals surface area contributed by atoms with Crippen molar-refractivity contribution in [3.05, 3.63) is 0 Å². The van der Waals surface area contributed by atoms with Gasteiger partial charge in [-0.2, -0.15) is 0 Å². The summed E-state index contributed by atoms with van der Waals surface area (Å²) in [6.45, 7) is 6.09. The van der Waals surface area contributed by atoms with Crippen molar-refractivity contribution >= 4 is 9.52 Å². The van der Waals surface area contributed by atoms with Crippen molar-refractivity contribution in [2.24, 2.45) is 0 Å². The Balaban J connectivity index is 2.53. The molecule has 0 heterocycles. The van der Waals surface area contributed by atoms with Gasteiger partial charge in [-0.3, -0.25) is 0 Å². The summed E-state index contributed by atoms with van der Waals surface area (Å²) in [6, 6.07) is 1.33. The van der Waals surface area contributed by atoms with Gasteiger partial charge in [0.2, 0.25) is 0 Å². The molecule has 1 nitrogen and oxygen atoms in total. The van der Waals surface area contributed by atoms with Crippen molar-refractivity contribution in [1.82, 2.24) is 0 Å². The van der Waals surface area contributed by atoms with Crippen LogP contribution in [0.4, 0.5) is 0 Å². The molecule has 0 aromatic carbocycles. The molecular formula is C6H14OSi. The van der Waals surface area contributed by atoms with Crippen molar-refractivity contribution < 1.29 is 4.74 Å². The Morgan fingerprint density at radius 3 is 2.75 bits per heavy atom. The zero-order valence-electron chi connectivity index (χ0n) is 5.74. The van der Waals surface area contributed by atoms with Crippen LogP contribution in [-0.2, 0) is 4.74 Å². The van der Waals surface area contributed by atoms with Crippen molar-refractivity contribution in [2.75, 3.05) is 13.2 Å². The lowest BCUT2D eigenvalue weighted by atomic mass is 10.5.